The van der Waals surface area contributed by atoms with Crippen LogP contribution in [-0.4, -0.2) is 37.0 Å². The van der Waals surface area contributed by atoms with Crippen LogP contribution in [0.1, 0.15) is 32.1 Å². The Morgan fingerprint density at radius 1 is 1.20 bits per heavy atom. The number of nitrogens with zero attached hydrogens (tertiary/aromatic N) is 2. The van der Waals surface area contributed by atoms with E-state index in [9.17, 15) is 5.21 Å². The molecule has 1 heterocycles. The Hall–Kier alpha value is -0.810. The van der Waals surface area contributed by atoms with Gasteiger partial charge in [0.1, 0.15) is 0 Å². The Bertz CT molecular complexity index is 188. The summed E-state index contributed by atoms with van der Waals surface area (Å²) in [5.74, 6) is -0.0120. The van der Waals surface area contributed by atoms with E-state index in [0.29, 0.717) is 6.54 Å². The Kier molecular flexibility index (Phi) is 6.11. The van der Waals surface area contributed by atoms with Crippen molar-refractivity contribution in [2.75, 3.05) is 26.2 Å². The van der Waals surface area contributed by atoms with E-state index >= 15 is 0 Å². The monoisotopic (exact) mass is 213 g/mol. The average Bonchev–Trinajstić information content (AvgIpc) is 2.20. The zero-order valence-electron chi connectivity index (χ0n) is 9.24. The Morgan fingerprint density at radius 3 is 2.40 bits per heavy atom. The number of likely N-dealkylation sites (tertiary alicyclic amines) is 1. The van der Waals surface area contributed by atoms with Crippen LogP contribution < -0.4 is 11.2 Å². The number of hydrogen-bond donors (Lipinski definition) is 2. The van der Waals surface area contributed by atoms with Crippen LogP contribution in [0.2, 0.25) is 0 Å². The Labute approximate surface area is 91.3 Å². The summed E-state index contributed by atoms with van der Waals surface area (Å²) in [6.07, 6.45) is 6.60. The zero-order valence-corrected chi connectivity index (χ0v) is 9.24. The van der Waals surface area contributed by atoms with Gasteiger partial charge in [-0.1, -0.05) is 19.3 Å². The van der Waals surface area contributed by atoms with Crippen molar-refractivity contribution in [2.24, 2.45) is 10.7 Å². The molecule has 0 spiro atoms. The largest absolute Gasteiger partial charge is 0.759 e. The van der Waals surface area contributed by atoms with Crippen molar-refractivity contribution in [1.82, 2.24) is 10.4 Å². The molecule has 0 unspecified atom stereocenters. The maximum atomic E-state index is 10.1. The second-order valence-corrected chi connectivity index (χ2v) is 3.98. The third-order valence-electron chi connectivity index (χ3n) is 2.75. The van der Waals surface area contributed by atoms with Crippen LogP contribution in [0.3, 0.4) is 0 Å². The highest BCUT2D eigenvalue weighted by molar-refractivity contribution is 5.78. The molecule has 0 radical (unpaired) electrons. The van der Waals surface area contributed by atoms with Gasteiger partial charge in [0.05, 0.1) is 6.54 Å². The third-order valence-corrected chi connectivity index (χ3v) is 2.75. The van der Waals surface area contributed by atoms with Gasteiger partial charge >= 0.3 is 0 Å². The molecule has 15 heavy (non-hydrogen) atoms. The van der Waals surface area contributed by atoms with Crippen molar-refractivity contribution < 1.29 is 0 Å². The maximum absolute atomic E-state index is 10.1. The van der Waals surface area contributed by atoms with Crippen molar-refractivity contribution in [1.29, 1.82) is 0 Å². The number of nitrogens with two attached hydrogens (primary N) is 1. The SMILES string of the molecule is NC(=NCCN1CCCCCCC1)N[O-]. The molecule has 1 aliphatic rings. The molecule has 0 bridgehead atoms. The summed E-state index contributed by atoms with van der Waals surface area (Å²) in [6, 6.07) is 0. The van der Waals surface area contributed by atoms with Gasteiger partial charge in [0.25, 0.3) is 0 Å². The topological polar surface area (TPSA) is 76.7 Å². The fourth-order valence-corrected chi connectivity index (χ4v) is 1.88. The number of rotatable bonds is 3. The standard InChI is InChI=1S/C10H21N4O/c11-10(13-15)12-6-9-14-7-4-2-1-3-5-8-14/h1-9H2,(H3-,11,12,13,15)/q-1. The predicted molar refractivity (Wildman–Crippen MR) is 62.5 cm³/mol. The van der Waals surface area contributed by atoms with Gasteiger partial charge in [-0.25, -0.2) is 0 Å². The van der Waals surface area contributed by atoms with Gasteiger partial charge in [-0.05, 0) is 25.9 Å². The summed E-state index contributed by atoms with van der Waals surface area (Å²) in [6.45, 7) is 3.82. The molecule has 1 fully saturated rings. The number of hydrogen-bond acceptors (Lipinski definition) is 3. The molecular weight excluding hydrogens is 192 g/mol. The van der Waals surface area contributed by atoms with Gasteiger partial charge in [-0.2, -0.15) is 0 Å². The molecule has 0 aromatic rings. The van der Waals surface area contributed by atoms with Crippen molar-refractivity contribution in [3.05, 3.63) is 5.21 Å². The van der Waals surface area contributed by atoms with Crippen molar-refractivity contribution in [3.63, 3.8) is 0 Å². The lowest BCUT2D eigenvalue weighted by atomic mass is 10.1. The number of hydroxylamine groups is 1. The summed E-state index contributed by atoms with van der Waals surface area (Å²) < 4.78 is 0. The minimum Gasteiger partial charge on any atom is -0.759 e. The number of nitrogens with one attached hydrogen (secondary N) is 1. The van der Waals surface area contributed by atoms with Gasteiger partial charge in [0.15, 0.2) is 5.96 Å². The van der Waals surface area contributed by atoms with Gasteiger partial charge in [-0.15, -0.1) is 0 Å². The fraction of sp³-hybridized carbons (Fsp3) is 0.900. The minimum absolute atomic E-state index is 0.0120. The van der Waals surface area contributed by atoms with E-state index < -0.39 is 0 Å². The van der Waals surface area contributed by atoms with Crippen LogP contribution in [0.5, 0.6) is 0 Å². The average molecular weight is 213 g/mol. The minimum atomic E-state index is -0.0120. The fourth-order valence-electron chi connectivity index (χ4n) is 1.88. The molecule has 0 atom stereocenters. The predicted octanol–water partition coefficient (Wildman–Crippen LogP) is 0.655. The lowest BCUT2D eigenvalue weighted by molar-refractivity contribution is 0.254. The molecule has 0 aromatic carbocycles. The van der Waals surface area contributed by atoms with Gasteiger partial charge in [0.2, 0.25) is 0 Å². The van der Waals surface area contributed by atoms with E-state index in [1.54, 1.807) is 5.48 Å². The summed E-state index contributed by atoms with van der Waals surface area (Å²) >= 11 is 0. The molecule has 5 heteroatoms. The lowest BCUT2D eigenvalue weighted by Crippen LogP contribution is -2.32. The summed E-state index contributed by atoms with van der Waals surface area (Å²) in [5.41, 5.74) is 6.84. The number of aliphatic imine (C=N–C) groups is 1. The van der Waals surface area contributed by atoms with Crippen LogP contribution in [0.4, 0.5) is 0 Å². The van der Waals surface area contributed by atoms with Crippen molar-refractivity contribution >= 4 is 5.96 Å². The maximum Gasteiger partial charge on any atom is 0.177 e. The molecule has 0 amide bonds. The van der Waals surface area contributed by atoms with E-state index in [1.165, 1.54) is 32.1 Å². The molecule has 1 aliphatic heterocycles. The van der Waals surface area contributed by atoms with E-state index in [0.717, 1.165) is 19.6 Å². The first-order valence-electron chi connectivity index (χ1n) is 5.73. The summed E-state index contributed by atoms with van der Waals surface area (Å²) in [5, 5.41) is 10.1. The van der Waals surface area contributed by atoms with Crippen molar-refractivity contribution in [2.45, 2.75) is 32.1 Å². The highest BCUT2D eigenvalue weighted by Gasteiger charge is 2.06. The van der Waals surface area contributed by atoms with Crippen LogP contribution in [-0.2, 0) is 0 Å². The molecule has 0 aromatic heterocycles. The second kappa shape index (κ2) is 7.48. The van der Waals surface area contributed by atoms with Crippen LogP contribution >= 0.6 is 0 Å². The second-order valence-electron chi connectivity index (χ2n) is 3.98. The summed E-state index contributed by atoms with van der Waals surface area (Å²) in [7, 11) is 0. The molecule has 88 valence electrons. The highest BCUT2D eigenvalue weighted by Crippen LogP contribution is 2.09. The first-order valence-corrected chi connectivity index (χ1v) is 5.73. The van der Waals surface area contributed by atoms with Crippen LogP contribution in [0, 0.1) is 5.21 Å². The van der Waals surface area contributed by atoms with Crippen molar-refractivity contribution in [3.8, 4) is 0 Å². The van der Waals surface area contributed by atoms with Gasteiger partial charge in [0, 0.05) is 6.54 Å². The van der Waals surface area contributed by atoms with E-state index in [4.69, 9.17) is 5.73 Å². The molecule has 1 rings (SSSR count). The molecule has 0 aliphatic carbocycles. The quantitative estimate of drug-likeness (QED) is 0.410. The molecule has 3 N–H and O–H groups in total. The molecule has 0 saturated carbocycles. The Morgan fingerprint density at radius 2 is 1.80 bits per heavy atom. The van der Waals surface area contributed by atoms with Gasteiger partial charge in [-0.3, -0.25) is 4.99 Å². The highest BCUT2D eigenvalue weighted by atomic mass is 16.5. The zero-order chi connectivity index (χ0) is 10.9. The van der Waals surface area contributed by atoms with Crippen LogP contribution in [0.15, 0.2) is 4.99 Å². The lowest BCUT2D eigenvalue weighted by Gasteiger charge is -2.23. The summed E-state index contributed by atoms with van der Waals surface area (Å²) in [4.78, 5) is 6.32. The molecular formula is C10H21N4O-. The van der Waals surface area contributed by atoms with E-state index in [-0.39, 0.29) is 5.96 Å². The molecule has 1 saturated heterocycles. The smallest absolute Gasteiger partial charge is 0.177 e. The van der Waals surface area contributed by atoms with Crippen LogP contribution in [0.25, 0.3) is 0 Å². The molecule has 5 nitrogen and oxygen atoms in total. The van der Waals surface area contributed by atoms with Gasteiger partial charge < -0.3 is 21.3 Å². The first kappa shape index (κ1) is 12.3. The van der Waals surface area contributed by atoms with E-state index in [2.05, 4.69) is 9.89 Å². The third kappa shape index (κ3) is 5.59. The van der Waals surface area contributed by atoms with E-state index in [1.807, 2.05) is 0 Å². The Balaban J connectivity index is 2.17. The first-order chi connectivity index (χ1) is 7.33. The normalized spacial score (nSPS) is 20.7. The number of guanidine groups is 1.